The van der Waals surface area contributed by atoms with Crippen molar-refractivity contribution in [2.24, 2.45) is 5.92 Å². The fourth-order valence-corrected chi connectivity index (χ4v) is 2.62. The van der Waals surface area contributed by atoms with Crippen LogP contribution < -0.4 is 5.32 Å². The number of furan rings is 1. The lowest BCUT2D eigenvalue weighted by atomic mass is 9.98. The van der Waals surface area contributed by atoms with Crippen molar-refractivity contribution in [1.29, 1.82) is 0 Å². The van der Waals surface area contributed by atoms with E-state index in [0.717, 1.165) is 19.6 Å². The van der Waals surface area contributed by atoms with E-state index in [2.05, 4.69) is 24.1 Å². The highest BCUT2D eigenvalue weighted by molar-refractivity contribution is 5.17. The standard InChI is InChI=1S/C14H23N3O3/c1-11(2)16(9-12-4-3-7-15-8-12)10-13-5-6-14(20-13)17(18)19/h5-6,11-12,15H,3-4,7-10H2,1-2H3. The quantitative estimate of drug-likeness (QED) is 0.640. The van der Waals surface area contributed by atoms with Crippen LogP contribution in [0, 0.1) is 16.0 Å². The molecule has 0 spiro atoms. The molecule has 0 saturated carbocycles. The molecule has 1 fully saturated rings. The molecule has 112 valence electrons. The van der Waals surface area contributed by atoms with Crippen LogP contribution in [0.25, 0.3) is 0 Å². The van der Waals surface area contributed by atoms with Crippen LogP contribution in [0.3, 0.4) is 0 Å². The van der Waals surface area contributed by atoms with Gasteiger partial charge in [-0.15, -0.1) is 0 Å². The molecule has 1 aliphatic heterocycles. The van der Waals surface area contributed by atoms with Crippen molar-refractivity contribution in [3.05, 3.63) is 28.0 Å². The predicted molar refractivity (Wildman–Crippen MR) is 76.5 cm³/mol. The molecule has 1 N–H and O–H groups in total. The molecule has 20 heavy (non-hydrogen) atoms. The number of rotatable bonds is 6. The van der Waals surface area contributed by atoms with Crippen molar-refractivity contribution in [3.63, 3.8) is 0 Å². The third-order valence-electron chi connectivity index (χ3n) is 3.81. The van der Waals surface area contributed by atoms with Crippen LogP contribution in [-0.2, 0) is 6.54 Å². The molecule has 1 aromatic heterocycles. The maximum atomic E-state index is 10.6. The Morgan fingerprint density at radius 3 is 2.90 bits per heavy atom. The Labute approximate surface area is 119 Å². The molecule has 1 atom stereocenters. The average Bonchev–Trinajstić information content (AvgIpc) is 2.88. The molecule has 0 bridgehead atoms. The fraction of sp³-hybridized carbons (Fsp3) is 0.714. The zero-order chi connectivity index (χ0) is 14.5. The van der Waals surface area contributed by atoms with E-state index < -0.39 is 4.92 Å². The molecular formula is C14H23N3O3. The van der Waals surface area contributed by atoms with Gasteiger partial charge in [-0.3, -0.25) is 15.0 Å². The minimum atomic E-state index is -0.492. The van der Waals surface area contributed by atoms with Crippen molar-refractivity contribution < 1.29 is 9.34 Å². The second-order valence-corrected chi connectivity index (χ2v) is 5.73. The van der Waals surface area contributed by atoms with Crippen LogP contribution in [0.5, 0.6) is 0 Å². The van der Waals surface area contributed by atoms with Gasteiger partial charge < -0.3 is 9.73 Å². The van der Waals surface area contributed by atoms with E-state index in [1.165, 1.54) is 18.9 Å². The maximum absolute atomic E-state index is 10.6. The van der Waals surface area contributed by atoms with Crippen LogP contribution in [0.1, 0.15) is 32.4 Å². The SMILES string of the molecule is CC(C)N(Cc1ccc([N+](=O)[O-])o1)CC1CCCNC1. The van der Waals surface area contributed by atoms with E-state index in [9.17, 15) is 10.1 Å². The minimum Gasteiger partial charge on any atom is -0.404 e. The molecule has 0 aromatic carbocycles. The first-order valence-corrected chi connectivity index (χ1v) is 7.24. The van der Waals surface area contributed by atoms with Gasteiger partial charge in [0, 0.05) is 12.6 Å². The number of nitrogens with one attached hydrogen (secondary N) is 1. The van der Waals surface area contributed by atoms with E-state index in [4.69, 9.17) is 4.42 Å². The summed E-state index contributed by atoms with van der Waals surface area (Å²) in [7, 11) is 0. The molecule has 2 rings (SSSR count). The van der Waals surface area contributed by atoms with E-state index in [1.807, 2.05) is 0 Å². The highest BCUT2D eigenvalue weighted by atomic mass is 16.6. The summed E-state index contributed by atoms with van der Waals surface area (Å²) in [4.78, 5) is 12.5. The molecule has 6 heteroatoms. The van der Waals surface area contributed by atoms with Crippen molar-refractivity contribution in [2.75, 3.05) is 19.6 Å². The minimum absolute atomic E-state index is 0.178. The summed E-state index contributed by atoms with van der Waals surface area (Å²) in [6.45, 7) is 8.09. The van der Waals surface area contributed by atoms with Gasteiger partial charge in [-0.25, -0.2) is 0 Å². The zero-order valence-corrected chi connectivity index (χ0v) is 12.2. The molecule has 1 unspecified atom stereocenters. The highest BCUT2D eigenvalue weighted by Crippen LogP contribution is 2.20. The average molecular weight is 281 g/mol. The van der Waals surface area contributed by atoms with Gasteiger partial charge in [0.25, 0.3) is 0 Å². The third kappa shape index (κ3) is 4.05. The summed E-state index contributed by atoms with van der Waals surface area (Å²) >= 11 is 0. The van der Waals surface area contributed by atoms with Crippen molar-refractivity contribution in [2.45, 2.75) is 39.3 Å². The smallest absolute Gasteiger partial charge is 0.404 e. The Balaban J connectivity index is 1.95. The monoisotopic (exact) mass is 281 g/mol. The second kappa shape index (κ2) is 6.85. The molecule has 0 radical (unpaired) electrons. The van der Waals surface area contributed by atoms with Crippen LogP contribution >= 0.6 is 0 Å². The van der Waals surface area contributed by atoms with Crippen LogP contribution in [0.2, 0.25) is 0 Å². The molecule has 6 nitrogen and oxygen atoms in total. The Hall–Kier alpha value is -1.40. The lowest BCUT2D eigenvalue weighted by Gasteiger charge is -2.32. The van der Waals surface area contributed by atoms with Gasteiger partial charge in [0.2, 0.25) is 0 Å². The molecule has 1 saturated heterocycles. The van der Waals surface area contributed by atoms with Gasteiger partial charge in [-0.05, 0) is 51.8 Å². The molecule has 0 aliphatic carbocycles. The van der Waals surface area contributed by atoms with E-state index in [-0.39, 0.29) is 5.88 Å². The highest BCUT2D eigenvalue weighted by Gasteiger charge is 2.21. The van der Waals surface area contributed by atoms with E-state index in [1.54, 1.807) is 6.07 Å². The van der Waals surface area contributed by atoms with Gasteiger partial charge in [0.1, 0.15) is 10.7 Å². The summed E-state index contributed by atoms with van der Waals surface area (Å²) in [5.74, 6) is 1.13. The zero-order valence-electron chi connectivity index (χ0n) is 12.2. The van der Waals surface area contributed by atoms with Crippen molar-refractivity contribution >= 4 is 5.88 Å². The molecular weight excluding hydrogens is 258 g/mol. The van der Waals surface area contributed by atoms with Crippen LogP contribution in [-0.4, -0.2) is 35.5 Å². The largest absolute Gasteiger partial charge is 0.433 e. The van der Waals surface area contributed by atoms with Crippen molar-refractivity contribution in [1.82, 2.24) is 10.2 Å². The summed E-state index contributed by atoms with van der Waals surface area (Å²) in [6.07, 6.45) is 2.47. The van der Waals surface area contributed by atoms with Gasteiger partial charge in [0.05, 0.1) is 12.6 Å². The lowest BCUT2D eigenvalue weighted by molar-refractivity contribution is -0.402. The molecule has 2 heterocycles. The number of nitrogens with zero attached hydrogens (tertiary/aromatic N) is 2. The first-order valence-electron chi connectivity index (χ1n) is 7.24. The van der Waals surface area contributed by atoms with Crippen LogP contribution in [0.4, 0.5) is 5.88 Å². The van der Waals surface area contributed by atoms with Gasteiger partial charge in [0.15, 0.2) is 0 Å². The van der Waals surface area contributed by atoms with Gasteiger partial charge in [-0.1, -0.05) is 0 Å². The first kappa shape index (κ1) is 15.0. The topological polar surface area (TPSA) is 71.5 Å². The second-order valence-electron chi connectivity index (χ2n) is 5.73. The Kier molecular flexibility index (Phi) is 5.14. The normalized spacial score (nSPS) is 19.7. The molecule has 1 aromatic rings. The Bertz CT molecular complexity index is 439. The van der Waals surface area contributed by atoms with Crippen molar-refractivity contribution in [3.8, 4) is 0 Å². The number of piperidine rings is 1. The Morgan fingerprint density at radius 2 is 2.35 bits per heavy atom. The summed E-state index contributed by atoms with van der Waals surface area (Å²) in [5, 5.41) is 14.1. The van der Waals surface area contributed by atoms with Gasteiger partial charge in [-0.2, -0.15) is 0 Å². The first-order chi connectivity index (χ1) is 9.56. The van der Waals surface area contributed by atoms with E-state index >= 15 is 0 Å². The van der Waals surface area contributed by atoms with E-state index in [0.29, 0.717) is 24.3 Å². The summed E-state index contributed by atoms with van der Waals surface area (Å²) in [5.41, 5.74) is 0. The maximum Gasteiger partial charge on any atom is 0.433 e. The lowest BCUT2D eigenvalue weighted by Crippen LogP contribution is -2.40. The fourth-order valence-electron chi connectivity index (χ4n) is 2.62. The summed E-state index contributed by atoms with van der Waals surface area (Å²) in [6, 6.07) is 3.52. The predicted octanol–water partition coefficient (Wildman–Crippen LogP) is 2.40. The number of hydrogen-bond acceptors (Lipinski definition) is 5. The molecule has 1 aliphatic rings. The van der Waals surface area contributed by atoms with Gasteiger partial charge >= 0.3 is 5.88 Å². The summed E-state index contributed by atoms with van der Waals surface area (Å²) < 4.78 is 5.26. The number of nitro groups is 1. The third-order valence-corrected chi connectivity index (χ3v) is 3.81. The number of hydrogen-bond donors (Lipinski definition) is 1. The van der Waals surface area contributed by atoms with Crippen LogP contribution in [0.15, 0.2) is 16.5 Å². The Morgan fingerprint density at radius 1 is 1.55 bits per heavy atom. The molecule has 0 amide bonds.